The van der Waals surface area contributed by atoms with Gasteiger partial charge in [-0.15, -0.1) is 0 Å². The van der Waals surface area contributed by atoms with Crippen LogP contribution < -0.4 is 10.6 Å². The highest BCUT2D eigenvalue weighted by Crippen LogP contribution is 2.19. The molecule has 2 amide bonds. The Labute approximate surface area is 175 Å². The summed E-state index contributed by atoms with van der Waals surface area (Å²) < 4.78 is 0. The minimum Gasteiger partial charge on any atom is -0.343 e. The second-order valence-electron chi connectivity index (χ2n) is 7.72. The number of nitrogens with zero attached hydrogens (tertiary/aromatic N) is 2. The fourth-order valence-electron chi connectivity index (χ4n) is 3.61. The van der Waals surface area contributed by atoms with Gasteiger partial charge in [-0.2, -0.15) is 0 Å². The van der Waals surface area contributed by atoms with Crippen molar-refractivity contribution < 1.29 is 14.5 Å². The number of benzene rings is 2. The molecule has 2 N–H and O–H groups in total. The zero-order valence-electron chi connectivity index (χ0n) is 17.0. The van der Waals surface area contributed by atoms with Crippen LogP contribution in [-0.4, -0.2) is 41.3 Å². The van der Waals surface area contributed by atoms with Crippen molar-refractivity contribution in [1.29, 1.82) is 0 Å². The van der Waals surface area contributed by atoms with Crippen LogP contribution >= 0.6 is 0 Å². The maximum Gasteiger partial charge on any atom is 0.270 e. The molecule has 1 atom stereocenters. The number of piperidine rings is 1. The summed E-state index contributed by atoms with van der Waals surface area (Å²) in [5.74, 6) is -0.180. The summed E-state index contributed by atoms with van der Waals surface area (Å²) >= 11 is 0. The van der Waals surface area contributed by atoms with Crippen LogP contribution in [0.5, 0.6) is 0 Å². The molecule has 8 heteroatoms. The molecule has 1 aliphatic rings. The van der Waals surface area contributed by atoms with Crippen LogP contribution in [0.1, 0.15) is 35.7 Å². The summed E-state index contributed by atoms with van der Waals surface area (Å²) in [5, 5.41) is 16.0. The molecule has 1 unspecified atom stereocenters. The smallest absolute Gasteiger partial charge is 0.270 e. The molecular formula is C22H26N4O4. The average Bonchev–Trinajstić information content (AvgIpc) is 2.73. The summed E-state index contributed by atoms with van der Waals surface area (Å²) in [7, 11) is 0. The van der Waals surface area contributed by atoms with Gasteiger partial charge in [0.15, 0.2) is 0 Å². The molecule has 0 saturated carbocycles. The van der Waals surface area contributed by atoms with Gasteiger partial charge in [0, 0.05) is 36.5 Å². The molecule has 8 nitrogen and oxygen atoms in total. The Morgan fingerprint density at radius 2 is 1.97 bits per heavy atom. The van der Waals surface area contributed by atoms with Gasteiger partial charge in [-0.1, -0.05) is 25.1 Å². The van der Waals surface area contributed by atoms with Crippen LogP contribution in [0.15, 0.2) is 48.5 Å². The zero-order valence-corrected chi connectivity index (χ0v) is 17.0. The second kappa shape index (κ2) is 9.98. The first-order valence-corrected chi connectivity index (χ1v) is 10.0. The summed E-state index contributed by atoms with van der Waals surface area (Å²) in [6.45, 7) is 5.19. The SMILES string of the molecule is CC1CCCN(Cc2ccc(NC(=O)CNC(=O)c3cccc([N+](=O)[O-])c3)cc2)C1. The van der Waals surface area contributed by atoms with E-state index < -0.39 is 10.8 Å². The highest BCUT2D eigenvalue weighted by molar-refractivity contribution is 5.99. The number of nitro groups is 1. The number of nitrogens with one attached hydrogen (secondary N) is 2. The monoisotopic (exact) mass is 410 g/mol. The molecule has 158 valence electrons. The number of non-ortho nitro benzene ring substituents is 1. The number of nitro benzene ring substituents is 1. The van der Waals surface area contributed by atoms with E-state index in [4.69, 9.17) is 0 Å². The zero-order chi connectivity index (χ0) is 21.5. The van der Waals surface area contributed by atoms with Gasteiger partial charge in [0.1, 0.15) is 0 Å². The lowest BCUT2D eigenvalue weighted by molar-refractivity contribution is -0.384. The molecule has 1 heterocycles. The van der Waals surface area contributed by atoms with Crippen molar-refractivity contribution in [1.82, 2.24) is 10.2 Å². The lowest BCUT2D eigenvalue weighted by Crippen LogP contribution is -2.33. The quantitative estimate of drug-likeness (QED) is 0.539. The molecule has 0 spiro atoms. The van der Waals surface area contributed by atoms with Crippen molar-refractivity contribution in [2.75, 3.05) is 25.0 Å². The Hall–Kier alpha value is -3.26. The summed E-state index contributed by atoms with van der Waals surface area (Å²) in [4.78, 5) is 36.9. The van der Waals surface area contributed by atoms with Gasteiger partial charge in [-0.05, 0) is 49.1 Å². The van der Waals surface area contributed by atoms with E-state index in [1.165, 1.54) is 42.7 Å². The van der Waals surface area contributed by atoms with E-state index in [1.807, 2.05) is 24.3 Å². The normalized spacial score (nSPS) is 16.6. The lowest BCUT2D eigenvalue weighted by Gasteiger charge is -2.30. The summed E-state index contributed by atoms with van der Waals surface area (Å²) in [6.07, 6.45) is 2.52. The number of carbonyl (C=O) groups is 2. The maximum absolute atomic E-state index is 12.1. The fraction of sp³-hybridized carbons (Fsp3) is 0.364. The number of likely N-dealkylation sites (tertiary alicyclic amines) is 1. The van der Waals surface area contributed by atoms with Crippen LogP contribution in [0.25, 0.3) is 0 Å². The standard InChI is InChI=1S/C22H26N4O4/c1-16-4-3-11-25(14-16)15-17-7-9-19(10-8-17)24-21(27)13-23-22(28)18-5-2-6-20(12-18)26(29)30/h2,5-10,12,16H,3-4,11,13-15H2,1H3,(H,23,28)(H,24,27). The first-order valence-electron chi connectivity index (χ1n) is 10.0. The molecule has 3 rings (SSSR count). The van der Waals surface area contributed by atoms with E-state index in [0.29, 0.717) is 5.69 Å². The van der Waals surface area contributed by atoms with E-state index >= 15 is 0 Å². The second-order valence-corrected chi connectivity index (χ2v) is 7.72. The molecule has 30 heavy (non-hydrogen) atoms. The van der Waals surface area contributed by atoms with Gasteiger partial charge in [-0.25, -0.2) is 0 Å². The Balaban J connectivity index is 1.47. The third kappa shape index (κ3) is 6.12. The average molecular weight is 410 g/mol. The molecule has 0 radical (unpaired) electrons. The first-order chi connectivity index (χ1) is 14.4. The number of amides is 2. The molecule has 2 aromatic carbocycles. The molecule has 1 saturated heterocycles. The topological polar surface area (TPSA) is 105 Å². The molecule has 0 aliphatic carbocycles. The highest BCUT2D eigenvalue weighted by atomic mass is 16.6. The predicted molar refractivity (Wildman–Crippen MR) is 114 cm³/mol. The van der Waals surface area contributed by atoms with Gasteiger partial charge < -0.3 is 10.6 Å². The number of rotatable bonds is 7. The molecule has 1 aliphatic heterocycles. The first kappa shape index (κ1) is 21.4. The Morgan fingerprint density at radius 3 is 2.67 bits per heavy atom. The van der Waals surface area contributed by atoms with Crippen molar-refractivity contribution in [3.8, 4) is 0 Å². The van der Waals surface area contributed by atoms with E-state index in [2.05, 4.69) is 22.5 Å². The molecule has 0 aromatic heterocycles. The highest BCUT2D eigenvalue weighted by Gasteiger charge is 2.16. The van der Waals surface area contributed by atoms with Crippen molar-refractivity contribution in [3.05, 3.63) is 69.8 Å². The van der Waals surface area contributed by atoms with Gasteiger partial charge in [-0.3, -0.25) is 24.6 Å². The van der Waals surface area contributed by atoms with Crippen molar-refractivity contribution >= 4 is 23.2 Å². The van der Waals surface area contributed by atoms with Gasteiger partial charge in [0.25, 0.3) is 11.6 Å². The number of carbonyl (C=O) groups excluding carboxylic acids is 2. The van der Waals surface area contributed by atoms with Crippen LogP contribution in [0.3, 0.4) is 0 Å². The summed E-state index contributed by atoms with van der Waals surface area (Å²) in [5.41, 5.74) is 1.81. The van der Waals surface area contributed by atoms with Crippen LogP contribution in [-0.2, 0) is 11.3 Å². The molecule has 1 fully saturated rings. The minimum absolute atomic E-state index is 0.133. The van der Waals surface area contributed by atoms with E-state index in [1.54, 1.807) is 0 Å². The van der Waals surface area contributed by atoms with Crippen LogP contribution in [0.4, 0.5) is 11.4 Å². The predicted octanol–water partition coefficient (Wildman–Crippen LogP) is 3.20. The molecular weight excluding hydrogens is 384 g/mol. The van der Waals surface area contributed by atoms with Gasteiger partial charge in [0.05, 0.1) is 11.5 Å². The minimum atomic E-state index is -0.570. The Bertz CT molecular complexity index is 914. The summed E-state index contributed by atoms with van der Waals surface area (Å²) in [6, 6.07) is 13.1. The fourth-order valence-corrected chi connectivity index (χ4v) is 3.61. The van der Waals surface area contributed by atoms with Crippen molar-refractivity contribution in [3.63, 3.8) is 0 Å². The van der Waals surface area contributed by atoms with Crippen molar-refractivity contribution in [2.24, 2.45) is 5.92 Å². The van der Waals surface area contributed by atoms with E-state index in [9.17, 15) is 19.7 Å². The lowest BCUT2D eigenvalue weighted by atomic mass is 10.00. The Morgan fingerprint density at radius 1 is 1.20 bits per heavy atom. The van der Waals surface area contributed by atoms with Crippen LogP contribution in [0, 0.1) is 16.0 Å². The van der Waals surface area contributed by atoms with E-state index in [-0.39, 0.29) is 23.7 Å². The Kier molecular flexibility index (Phi) is 7.13. The molecule has 0 bridgehead atoms. The molecule has 2 aromatic rings. The maximum atomic E-state index is 12.1. The van der Waals surface area contributed by atoms with Crippen molar-refractivity contribution in [2.45, 2.75) is 26.3 Å². The van der Waals surface area contributed by atoms with Crippen LogP contribution in [0.2, 0.25) is 0 Å². The van der Waals surface area contributed by atoms with E-state index in [0.717, 1.165) is 25.6 Å². The van der Waals surface area contributed by atoms with Gasteiger partial charge >= 0.3 is 0 Å². The number of hydrogen-bond acceptors (Lipinski definition) is 5. The number of hydrogen-bond donors (Lipinski definition) is 2. The number of anilines is 1. The van der Waals surface area contributed by atoms with Gasteiger partial charge in [0.2, 0.25) is 5.91 Å². The third-order valence-corrected chi connectivity index (χ3v) is 5.11. The largest absolute Gasteiger partial charge is 0.343 e. The third-order valence-electron chi connectivity index (χ3n) is 5.11.